The molecule has 1 aromatic heterocycles. The fraction of sp³-hybridized carbons (Fsp3) is 0.231. The first-order chi connectivity index (χ1) is 7.99. The third-order valence-electron chi connectivity index (χ3n) is 2.85. The highest BCUT2D eigenvalue weighted by Gasteiger charge is 2.07. The van der Waals surface area contributed by atoms with Gasteiger partial charge in [-0.1, -0.05) is 6.07 Å². The lowest BCUT2D eigenvalue weighted by atomic mass is 10.0. The second-order valence-corrected chi connectivity index (χ2v) is 5.01. The fourth-order valence-corrected chi connectivity index (χ4v) is 1.93. The number of hydrogen-bond donors (Lipinski definition) is 1. The summed E-state index contributed by atoms with van der Waals surface area (Å²) in [6, 6.07) is 4.16. The molecule has 0 saturated carbocycles. The van der Waals surface area contributed by atoms with Crippen molar-refractivity contribution in [2.24, 2.45) is 0 Å². The van der Waals surface area contributed by atoms with Gasteiger partial charge in [0.2, 0.25) is 0 Å². The van der Waals surface area contributed by atoms with Crippen molar-refractivity contribution in [3.63, 3.8) is 0 Å². The van der Waals surface area contributed by atoms with E-state index in [2.05, 4.69) is 51.9 Å². The second-order valence-electron chi connectivity index (χ2n) is 4.16. The van der Waals surface area contributed by atoms with Crippen molar-refractivity contribution < 1.29 is 0 Å². The van der Waals surface area contributed by atoms with Crippen LogP contribution in [-0.2, 0) is 0 Å². The largest absolute Gasteiger partial charge is 0.306 e. The third kappa shape index (κ3) is 2.31. The van der Waals surface area contributed by atoms with Crippen LogP contribution >= 0.6 is 15.9 Å². The maximum absolute atomic E-state index is 11.5. The molecule has 88 valence electrons. The van der Waals surface area contributed by atoms with E-state index in [9.17, 15) is 4.79 Å². The highest BCUT2D eigenvalue weighted by atomic mass is 79.9. The van der Waals surface area contributed by atoms with E-state index in [1.54, 1.807) is 0 Å². The van der Waals surface area contributed by atoms with Gasteiger partial charge in [0.15, 0.2) is 0 Å². The van der Waals surface area contributed by atoms with Crippen molar-refractivity contribution in [3.8, 4) is 11.4 Å². The van der Waals surface area contributed by atoms with Crippen LogP contribution in [0.3, 0.4) is 0 Å². The Labute approximate surface area is 108 Å². The predicted molar refractivity (Wildman–Crippen MR) is 72.2 cm³/mol. The summed E-state index contributed by atoms with van der Waals surface area (Å²) in [6.07, 6.45) is 1.53. The van der Waals surface area contributed by atoms with Crippen LogP contribution < -0.4 is 5.56 Å². The molecule has 0 unspecified atom stereocenters. The number of nitrogens with zero attached hydrogens (tertiary/aromatic N) is 1. The Hall–Kier alpha value is -1.42. The van der Waals surface area contributed by atoms with Crippen LogP contribution in [0.2, 0.25) is 0 Å². The SMILES string of the molecule is Cc1cc(C)c(-c2ncc(Br)c(=O)[nH]2)cc1C. The number of benzene rings is 1. The molecule has 0 atom stereocenters. The molecule has 0 spiro atoms. The molecule has 3 nitrogen and oxygen atoms in total. The zero-order valence-corrected chi connectivity index (χ0v) is 11.6. The molecule has 0 aliphatic rings. The average Bonchev–Trinajstić information content (AvgIpc) is 2.27. The highest BCUT2D eigenvalue weighted by Crippen LogP contribution is 2.23. The third-order valence-corrected chi connectivity index (χ3v) is 3.42. The van der Waals surface area contributed by atoms with Gasteiger partial charge in [0, 0.05) is 11.8 Å². The molecule has 0 aliphatic heterocycles. The minimum absolute atomic E-state index is 0.160. The van der Waals surface area contributed by atoms with E-state index < -0.39 is 0 Å². The van der Waals surface area contributed by atoms with Gasteiger partial charge in [0.05, 0.1) is 0 Å². The molecular weight excluding hydrogens is 280 g/mol. The van der Waals surface area contributed by atoms with Crippen LogP contribution in [0, 0.1) is 20.8 Å². The molecule has 0 saturated heterocycles. The van der Waals surface area contributed by atoms with Crippen molar-refractivity contribution in [2.75, 3.05) is 0 Å². The minimum atomic E-state index is -0.160. The predicted octanol–water partition coefficient (Wildman–Crippen LogP) is 3.12. The molecule has 1 aromatic carbocycles. The lowest BCUT2D eigenvalue weighted by Gasteiger charge is -2.09. The summed E-state index contributed by atoms with van der Waals surface area (Å²) in [4.78, 5) is 18.5. The number of H-pyrrole nitrogens is 1. The van der Waals surface area contributed by atoms with E-state index in [1.807, 2.05) is 6.92 Å². The molecule has 0 amide bonds. The maximum atomic E-state index is 11.5. The Balaban J connectivity index is 2.64. The fourth-order valence-electron chi connectivity index (χ4n) is 1.73. The number of rotatable bonds is 1. The Kier molecular flexibility index (Phi) is 3.15. The molecule has 1 N–H and O–H groups in total. The van der Waals surface area contributed by atoms with Gasteiger partial charge in [-0.2, -0.15) is 0 Å². The highest BCUT2D eigenvalue weighted by molar-refractivity contribution is 9.10. The molecule has 2 aromatic rings. The normalized spacial score (nSPS) is 10.6. The molecule has 1 heterocycles. The number of aromatic amines is 1. The summed E-state index contributed by atoms with van der Waals surface area (Å²) in [7, 11) is 0. The first kappa shape index (κ1) is 12.0. The van der Waals surface area contributed by atoms with Gasteiger partial charge in [0.25, 0.3) is 5.56 Å². The molecule has 0 fully saturated rings. The van der Waals surface area contributed by atoms with Crippen molar-refractivity contribution >= 4 is 15.9 Å². The van der Waals surface area contributed by atoms with Crippen molar-refractivity contribution in [2.45, 2.75) is 20.8 Å². The lowest BCUT2D eigenvalue weighted by molar-refractivity contribution is 1.10. The molecule has 0 aliphatic carbocycles. The second kappa shape index (κ2) is 4.45. The molecule has 0 bridgehead atoms. The van der Waals surface area contributed by atoms with Gasteiger partial charge in [-0.05, 0) is 59.5 Å². The number of nitrogens with one attached hydrogen (secondary N) is 1. The topological polar surface area (TPSA) is 45.8 Å². The molecule has 17 heavy (non-hydrogen) atoms. The van der Waals surface area contributed by atoms with E-state index in [1.165, 1.54) is 17.3 Å². The monoisotopic (exact) mass is 292 g/mol. The van der Waals surface area contributed by atoms with Crippen LogP contribution in [-0.4, -0.2) is 9.97 Å². The number of halogens is 1. The Bertz CT molecular complexity index is 632. The Morgan fingerprint density at radius 1 is 1.12 bits per heavy atom. The smallest absolute Gasteiger partial charge is 0.265 e. The van der Waals surface area contributed by atoms with Crippen molar-refractivity contribution in [3.05, 3.63) is 49.8 Å². The van der Waals surface area contributed by atoms with Gasteiger partial charge in [-0.15, -0.1) is 0 Å². The quantitative estimate of drug-likeness (QED) is 0.878. The van der Waals surface area contributed by atoms with Crippen molar-refractivity contribution in [1.29, 1.82) is 0 Å². The van der Waals surface area contributed by atoms with E-state index in [0.29, 0.717) is 10.3 Å². The van der Waals surface area contributed by atoms with Crippen molar-refractivity contribution in [1.82, 2.24) is 9.97 Å². The number of aromatic nitrogens is 2. The first-order valence-corrected chi connectivity index (χ1v) is 6.11. The van der Waals surface area contributed by atoms with E-state index in [4.69, 9.17) is 0 Å². The standard InChI is InChI=1S/C13H13BrN2O/c1-7-4-9(3)10(5-8(7)2)12-15-6-11(14)13(17)16-12/h4-6H,1-3H3,(H,15,16,17). The number of hydrogen-bond acceptors (Lipinski definition) is 2. The molecule has 2 rings (SSSR count). The summed E-state index contributed by atoms with van der Waals surface area (Å²) in [6.45, 7) is 6.14. The van der Waals surface area contributed by atoms with Gasteiger partial charge in [0.1, 0.15) is 10.3 Å². The van der Waals surface area contributed by atoms with Crippen LogP contribution in [0.4, 0.5) is 0 Å². The van der Waals surface area contributed by atoms with Gasteiger partial charge >= 0.3 is 0 Å². The summed E-state index contributed by atoms with van der Waals surface area (Å²) < 4.78 is 0.447. The zero-order valence-electron chi connectivity index (χ0n) is 9.97. The summed E-state index contributed by atoms with van der Waals surface area (Å²) in [5.74, 6) is 0.610. The average molecular weight is 293 g/mol. The summed E-state index contributed by atoms with van der Waals surface area (Å²) in [5, 5.41) is 0. The molecular formula is C13H13BrN2O. The van der Waals surface area contributed by atoms with E-state index in [0.717, 1.165) is 11.1 Å². The van der Waals surface area contributed by atoms with Crippen LogP contribution in [0.25, 0.3) is 11.4 Å². The summed E-state index contributed by atoms with van der Waals surface area (Å²) >= 11 is 3.14. The van der Waals surface area contributed by atoms with Crippen LogP contribution in [0.15, 0.2) is 27.6 Å². The minimum Gasteiger partial charge on any atom is -0.306 e. The van der Waals surface area contributed by atoms with Gasteiger partial charge in [-0.25, -0.2) is 4.98 Å². The maximum Gasteiger partial charge on any atom is 0.265 e. The first-order valence-electron chi connectivity index (χ1n) is 5.32. The Morgan fingerprint density at radius 3 is 2.41 bits per heavy atom. The van der Waals surface area contributed by atoms with Crippen LogP contribution in [0.5, 0.6) is 0 Å². The van der Waals surface area contributed by atoms with E-state index in [-0.39, 0.29) is 5.56 Å². The van der Waals surface area contributed by atoms with Gasteiger partial charge in [-0.3, -0.25) is 4.79 Å². The molecule has 0 radical (unpaired) electrons. The van der Waals surface area contributed by atoms with Crippen LogP contribution in [0.1, 0.15) is 16.7 Å². The zero-order chi connectivity index (χ0) is 12.6. The summed E-state index contributed by atoms with van der Waals surface area (Å²) in [5.41, 5.74) is 4.35. The lowest BCUT2D eigenvalue weighted by Crippen LogP contribution is -2.09. The van der Waals surface area contributed by atoms with Gasteiger partial charge < -0.3 is 4.98 Å². The van der Waals surface area contributed by atoms with E-state index >= 15 is 0 Å². The number of aryl methyl sites for hydroxylation is 3. The molecule has 4 heteroatoms. The Morgan fingerprint density at radius 2 is 1.76 bits per heavy atom.